The summed E-state index contributed by atoms with van der Waals surface area (Å²) in [4.78, 5) is 26.0. The van der Waals surface area contributed by atoms with E-state index in [0.29, 0.717) is 6.42 Å². The lowest BCUT2D eigenvalue weighted by Gasteiger charge is -2.35. The Kier molecular flexibility index (Phi) is 5.33. The summed E-state index contributed by atoms with van der Waals surface area (Å²) >= 11 is 0. The normalized spacial score (nSPS) is 17.2. The Hall–Kier alpha value is -2.83. The maximum absolute atomic E-state index is 12.7. The first kappa shape index (κ1) is 17.0. The zero-order valence-corrected chi connectivity index (χ0v) is 14.3. The van der Waals surface area contributed by atoms with Crippen LogP contribution in [-0.4, -0.2) is 40.6 Å². The highest BCUT2D eigenvalue weighted by atomic mass is 16.2. The summed E-state index contributed by atoms with van der Waals surface area (Å²) in [6, 6.07) is 7.31. The first-order valence-corrected chi connectivity index (χ1v) is 8.53. The second-order valence-electron chi connectivity index (χ2n) is 6.21. The van der Waals surface area contributed by atoms with Crippen molar-refractivity contribution in [2.45, 2.75) is 31.7 Å². The molecular formula is C18H23N5O2. The minimum Gasteiger partial charge on any atom is -0.359 e. The molecule has 0 saturated carbocycles. The second kappa shape index (κ2) is 7.83. The lowest BCUT2D eigenvalue weighted by atomic mass is 9.98. The molecule has 0 spiro atoms. The Labute approximate surface area is 146 Å². The third kappa shape index (κ3) is 4.17. The van der Waals surface area contributed by atoms with Crippen molar-refractivity contribution in [2.75, 3.05) is 18.9 Å². The molecule has 1 aromatic heterocycles. The average Bonchev–Trinajstić information content (AvgIpc) is 3.18. The molecule has 0 radical (unpaired) electrons. The van der Waals surface area contributed by atoms with Crippen molar-refractivity contribution >= 4 is 17.6 Å². The molecule has 7 heteroatoms. The molecule has 2 heterocycles. The zero-order valence-electron chi connectivity index (χ0n) is 14.3. The van der Waals surface area contributed by atoms with Gasteiger partial charge in [-0.2, -0.15) is 5.10 Å². The van der Waals surface area contributed by atoms with Gasteiger partial charge in [-0.3, -0.25) is 9.89 Å². The maximum atomic E-state index is 12.7. The molecule has 7 nitrogen and oxygen atoms in total. The van der Waals surface area contributed by atoms with Crippen molar-refractivity contribution in [1.82, 2.24) is 20.4 Å². The van der Waals surface area contributed by atoms with E-state index in [9.17, 15) is 9.59 Å². The van der Waals surface area contributed by atoms with Crippen LogP contribution in [0.25, 0.3) is 0 Å². The molecular weight excluding hydrogens is 318 g/mol. The predicted octanol–water partition coefficient (Wildman–Crippen LogP) is 2.46. The molecule has 3 rings (SSSR count). The van der Waals surface area contributed by atoms with Crippen LogP contribution in [0.15, 0.2) is 36.7 Å². The minimum atomic E-state index is -0.107. The zero-order chi connectivity index (χ0) is 17.6. The molecule has 1 atom stereocenters. The fourth-order valence-electron chi connectivity index (χ4n) is 3.14. The standard InChI is InChI=1S/C18H23N5O2/c1-19-17(24)10-13-5-7-15(8-6-13)22-18(25)23-9-3-2-4-16(23)14-11-20-21-12-14/h5-8,11-12,16H,2-4,9-10H2,1H3,(H,19,24)(H,20,21)(H,22,25)/t16-/m0/s1. The van der Waals surface area contributed by atoms with Gasteiger partial charge in [-0.1, -0.05) is 12.1 Å². The van der Waals surface area contributed by atoms with Gasteiger partial charge in [0.05, 0.1) is 18.7 Å². The Balaban J connectivity index is 1.65. The highest BCUT2D eigenvalue weighted by Crippen LogP contribution is 2.30. The van der Waals surface area contributed by atoms with Crippen molar-refractivity contribution in [3.05, 3.63) is 47.8 Å². The van der Waals surface area contributed by atoms with Crippen LogP contribution in [0.2, 0.25) is 0 Å². The van der Waals surface area contributed by atoms with Crippen molar-refractivity contribution < 1.29 is 9.59 Å². The summed E-state index contributed by atoms with van der Waals surface area (Å²) < 4.78 is 0. The Morgan fingerprint density at radius 2 is 2.08 bits per heavy atom. The van der Waals surface area contributed by atoms with Gasteiger partial charge in [0.25, 0.3) is 0 Å². The molecule has 0 unspecified atom stereocenters. The fourth-order valence-corrected chi connectivity index (χ4v) is 3.14. The van der Waals surface area contributed by atoms with Crippen LogP contribution in [-0.2, 0) is 11.2 Å². The number of aromatic amines is 1. The Morgan fingerprint density at radius 1 is 1.28 bits per heavy atom. The van der Waals surface area contributed by atoms with Crippen molar-refractivity contribution in [2.24, 2.45) is 0 Å². The summed E-state index contributed by atoms with van der Waals surface area (Å²) in [6.45, 7) is 0.733. The van der Waals surface area contributed by atoms with Gasteiger partial charge in [0, 0.05) is 31.0 Å². The quantitative estimate of drug-likeness (QED) is 0.798. The maximum Gasteiger partial charge on any atom is 0.322 e. The predicted molar refractivity (Wildman–Crippen MR) is 95.1 cm³/mol. The van der Waals surface area contributed by atoms with Gasteiger partial charge in [-0.15, -0.1) is 0 Å². The number of amides is 3. The minimum absolute atomic E-state index is 0.0342. The number of likely N-dealkylation sites (tertiary alicyclic amines) is 1. The highest BCUT2D eigenvalue weighted by Gasteiger charge is 2.28. The SMILES string of the molecule is CNC(=O)Cc1ccc(NC(=O)N2CCCC[C@H]2c2cn[nH]c2)cc1. The number of carbonyl (C=O) groups is 2. The summed E-state index contributed by atoms with van der Waals surface area (Å²) in [5, 5.41) is 12.4. The number of piperidine rings is 1. The number of rotatable bonds is 4. The first-order chi connectivity index (χ1) is 12.2. The van der Waals surface area contributed by atoms with Crippen LogP contribution in [0.1, 0.15) is 36.4 Å². The number of anilines is 1. The van der Waals surface area contributed by atoms with Crippen molar-refractivity contribution in [3.63, 3.8) is 0 Å². The molecule has 2 aromatic rings. The van der Waals surface area contributed by atoms with Gasteiger partial charge in [0.2, 0.25) is 5.91 Å². The third-order valence-electron chi connectivity index (χ3n) is 4.52. The molecule has 25 heavy (non-hydrogen) atoms. The Bertz CT molecular complexity index is 712. The number of likely N-dealkylation sites (N-methyl/N-ethyl adjacent to an activating group) is 1. The van der Waals surface area contributed by atoms with E-state index in [1.165, 1.54) is 0 Å². The number of carbonyl (C=O) groups excluding carboxylic acids is 2. The van der Waals surface area contributed by atoms with Gasteiger partial charge in [-0.25, -0.2) is 4.79 Å². The van der Waals surface area contributed by atoms with Gasteiger partial charge in [-0.05, 0) is 37.0 Å². The molecule has 0 bridgehead atoms. The molecule has 1 aliphatic heterocycles. The highest BCUT2D eigenvalue weighted by molar-refractivity contribution is 5.89. The van der Waals surface area contributed by atoms with Gasteiger partial charge in [0.15, 0.2) is 0 Å². The van der Waals surface area contributed by atoms with Crippen LogP contribution in [0.4, 0.5) is 10.5 Å². The molecule has 132 valence electrons. The Morgan fingerprint density at radius 3 is 2.76 bits per heavy atom. The fraction of sp³-hybridized carbons (Fsp3) is 0.389. The molecule has 1 aromatic carbocycles. The molecule has 3 amide bonds. The summed E-state index contributed by atoms with van der Waals surface area (Å²) in [7, 11) is 1.62. The van der Waals surface area contributed by atoms with Crippen LogP contribution in [0.3, 0.4) is 0 Å². The van der Waals surface area contributed by atoms with E-state index < -0.39 is 0 Å². The molecule has 0 aliphatic carbocycles. The monoisotopic (exact) mass is 341 g/mol. The van der Waals surface area contributed by atoms with E-state index in [2.05, 4.69) is 20.8 Å². The van der Waals surface area contributed by atoms with Gasteiger partial charge >= 0.3 is 6.03 Å². The molecule has 1 fully saturated rings. The third-order valence-corrected chi connectivity index (χ3v) is 4.52. The molecule has 3 N–H and O–H groups in total. The number of nitrogens with one attached hydrogen (secondary N) is 3. The smallest absolute Gasteiger partial charge is 0.322 e. The van der Waals surface area contributed by atoms with Crippen LogP contribution in [0.5, 0.6) is 0 Å². The van der Waals surface area contributed by atoms with E-state index in [-0.39, 0.29) is 18.0 Å². The number of hydrogen-bond acceptors (Lipinski definition) is 3. The molecule has 1 aliphatic rings. The van der Waals surface area contributed by atoms with Crippen molar-refractivity contribution in [1.29, 1.82) is 0 Å². The average molecular weight is 341 g/mol. The first-order valence-electron chi connectivity index (χ1n) is 8.53. The van der Waals surface area contributed by atoms with Crippen LogP contribution < -0.4 is 10.6 Å². The number of urea groups is 1. The largest absolute Gasteiger partial charge is 0.359 e. The number of aromatic nitrogens is 2. The van der Waals surface area contributed by atoms with E-state index >= 15 is 0 Å². The lowest BCUT2D eigenvalue weighted by Crippen LogP contribution is -2.41. The van der Waals surface area contributed by atoms with Crippen molar-refractivity contribution in [3.8, 4) is 0 Å². The molecule has 1 saturated heterocycles. The number of hydrogen-bond donors (Lipinski definition) is 3. The van der Waals surface area contributed by atoms with E-state index in [1.54, 1.807) is 13.2 Å². The number of nitrogens with zero attached hydrogens (tertiary/aromatic N) is 2. The lowest BCUT2D eigenvalue weighted by molar-refractivity contribution is -0.119. The summed E-state index contributed by atoms with van der Waals surface area (Å²) in [6.07, 6.45) is 7.02. The van der Waals surface area contributed by atoms with Gasteiger partial charge in [0.1, 0.15) is 0 Å². The van der Waals surface area contributed by atoms with E-state index in [4.69, 9.17) is 0 Å². The topological polar surface area (TPSA) is 90.1 Å². The number of benzene rings is 1. The number of H-pyrrole nitrogens is 1. The summed E-state index contributed by atoms with van der Waals surface area (Å²) in [5.41, 5.74) is 2.67. The van der Waals surface area contributed by atoms with Crippen LogP contribution >= 0.6 is 0 Å². The second-order valence-corrected chi connectivity index (χ2v) is 6.21. The van der Waals surface area contributed by atoms with E-state index in [1.807, 2.05) is 35.4 Å². The van der Waals surface area contributed by atoms with Crippen LogP contribution in [0, 0.1) is 0 Å². The van der Waals surface area contributed by atoms with E-state index in [0.717, 1.165) is 42.6 Å². The summed E-state index contributed by atoms with van der Waals surface area (Å²) in [5.74, 6) is -0.0342. The van der Waals surface area contributed by atoms with Gasteiger partial charge < -0.3 is 15.5 Å².